The lowest BCUT2D eigenvalue weighted by molar-refractivity contribution is -0.133. The first-order valence-corrected chi connectivity index (χ1v) is 7.50. The van der Waals surface area contributed by atoms with Gasteiger partial charge in [-0.15, -0.1) is 0 Å². The molecule has 2 heterocycles. The first kappa shape index (κ1) is 13.9. The van der Waals surface area contributed by atoms with Gasteiger partial charge in [-0.2, -0.15) is 0 Å². The molecule has 0 unspecified atom stereocenters. The number of rotatable bonds is 3. The number of likely N-dealkylation sites (tertiary alicyclic amines) is 1. The third-order valence-electron chi connectivity index (χ3n) is 4.59. The zero-order chi connectivity index (χ0) is 15.0. The maximum atomic E-state index is 12.3. The summed E-state index contributed by atoms with van der Waals surface area (Å²) < 4.78 is 0. The molecule has 5 nitrogen and oxygen atoms in total. The molecular formula is C16H21N3O2. The summed E-state index contributed by atoms with van der Waals surface area (Å²) in [6.45, 7) is 4.16. The van der Waals surface area contributed by atoms with Crippen LogP contribution in [0.25, 0.3) is 0 Å². The van der Waals surface area contributed by atoms with Crippen LogP contribution >= 0.6 is 0 Å². The maximum absolute atomic E-state index is 12.3. The van der Waals surface area contributed by atoms with Crippen molar-refractivity contribution in [3.8, 4) is 0 Å². The Kier molecular flexibility index (Phi) is 3.57. The highest BCUT2D eigenvalue weighted by atomic mass is 16.2. The highest BCUT2D eigenvalue weighted by Crippen LogP contribution is 2.38. The fourth-order valence-electron chi connectivity index (χ4n) is 3.20. The Bertz CT molecular complexity index is 568. The molecule has 1 aromatic carbocycles. The number of hydrogen-bond acceptors (Lipinski definition) is 3. The van der Waals surface area contributed by atoms with Crippen molar-refractivity contribution < 1.29 is 9.59 Å². The molecule has 1 fully saturated rings. The first-order valence-electron chi connectivity index (χ1n) is 7.50. The minimum Gasteiger partial charge on any atom is -0.369 e. The Balaban J connectivity index is 1.87. The summed E-state index contributed by atoms with van der Waals surface area (Å²) in [7, 11) is 0. The molecule has 0 bridgehead atoms. The van der Waals surface area contributed by atoms with Gasteiger partial charge in [-0.1, -0.05) is 18.2 Å². The fourth-order valence-corrected chi connectivity index (χ4v) is 3.20. The molecule has 0 spiro atoms. The molecule has 2 aliphatic heterocycles. The average Bonchev–Trinajstić information content (AvgIpc) is 2.39. The highest BCUT2D eigenvalue weighted by Gasteiger charge is 2.34. The number of amides is 2. The van der Waals surface area contributed by atoms with E-state index in [1.807, 2.05) is 29.2 Å². The standard InChI is InChI=1S/C16H21N3O2/c1-11-9-13(16(17)21)12-5-2-3-6-14(12)19(11)10-15(20)18-7-4-8-18/h2-3,5-6,11,13H,4,7-10H2,1H3,(H2,17,21)/t11-,13+/m1/s1. The van der Waals surface area contributed by atoms with Gasteiger partial charge in [0.05, 0.1) is 12.5 Å². The van der Waals surface area contributed by atoms with Gasteiger partial charge in [-0.25, -0.2) is 0 Å². The number of hydrogen-bond donors (Lipinski definition) is 1. The minimum atomic E-state index is -0.289. The molecule has 21 heavy (non-hydrogen) atoms. The van der Waals surface area contributed by atoms with E-state index in [4.69, 9.17) is 5.73 Å². The third kappa shape index (κ3) is 2.48. The van der Waals surface area contributed by atoms with E-state index in [1.165, 1.54) is 0 Å². The van der Waals surface area contributed by atoms with Crippen molar-refractivity contribution in [2.75, 3.05) is 24.5 Å². The lowest BCUT2D eigenvalue weighted by Gasteiger charge is -2.41. The SMILES string of the molecule is C[C@@H]1C[C@H](C(N)=O)c2ccccc2N1CC(=O)N1CCC1. The predicted octanol–water partition coefficient (Wildman–Crippen LogP) is 1.09. The van der Waals surface area contributed by atoms with Crippen LogP contribution < -0.4 is 10.6 Å². The molecule has 0 aliphatic carbocycles. The molecule has 2 aliphatic rings. The molecule has 2 atom stereocenters. The van der Waals surface area contributed by atoms with Gasteiger partial charge < -0.3 is 15.5 Å². The maximum Gasteiger partial charge on any atom is 0.242 e. The van der Waals surface area contributed by atoms with Crippen LogP contribution in [-0.4, -0.2) is 42.4 Å². The number of benzene rings is 1. The zero-order valence-electron chi connectivity index (χ0n) is 12.3. The monoisotopic (exact) mass is 287 g/mol. The van der Waals surface area contributed by atoms with E-state index in [1.54, 1.807) is 0 Å². The Labute approximate surface area is 124 Å². The van der Waals surface area contributed by atoms with Crippen LogP contribution in [0, 0.1) is 0 Å². The molecule has 2 amide bonds. The predicted molar refractivity (Wildman–Crippen MR) is 81.0 cm³/mol. The lowest BCUT2D eigenvalue weighted by atomic mass is 9.85. The Hall–Kier alpha value is -2.04. The van der Waals surface area contributed by atoms with Crippen LogP contribution in [0.15, 0.2) is 24.3 Å². The van der Waals surface area contributed by atoms with Crippen molar-refractivity contribution in [1.29, 1.82) is 0 Å². The summed E-state index contributed by atoms with van der Waals surface area (Å²) in [5.74, 6) is -0.380. The van der Waals surface area contributed by atoms with Crippen molar-refractivity contribution in [1.82, 2.24) is 4.90 Å². The van der Waals surface area contributed by atoms with Gasteiger partial charge in [0, 0.05) is 24.8 Å². The number of primary amides is 1. The number of carbonyl (C=O) groups is 2. The van der Waals surface area contributed by atoms with Crippen LogP contribution in [-0.2, 0) is 9.59 Å². The van der Waals surface area contributed by atoms with Gasteiger partial charge in [-0.05, 0) is 31.4 Å². The molecule has 0 radical (unpaired) electrons. The van der Waals surface area contributed by atoms with Gasteiger partial charge in [0.15, 0.2) is 0 Å². The number of anilines is 1. The van der Waals surface area contributed by atoms with E-state index in [9.17, 15) is 9.59 Å². The normalized spacial score (nSPS) is 24.2. The van der Waals surface area contributed by atoms with Crippen molar-refractivity contribution in [3.63, 3.8) is 0 Å². The summed E-state index contributed by atoms with van der Waals surface area (Å²) in [5.41, 5.74) is 7.45. The van der Waals surface area contributed by atoms with E-state index in [2.05, 4.69) is 11.8 Å². The summed E-state index contributed by atoms with van der Waals surface area (Å²) in [6, 6.07) is 7.90. The molecule has 0 saturated carbocycles. The average molecular weight is 287 g/mol. The number of fused-ring (bicyclic) bond motifs is 1. The Morgan fingerprint density at radius 3 is 2.62 bits per heavy atom. The third-order valence-corrected chi connectivity index (χ3v) is 4.59. The second-order valence-electron chi connectivity index (χ2n) is 5.96. The minimum absolute atomic E-state index is 0.127. The smallest absolute Gasteiger partial charge is 0.242 e. The molecule has 3 rings (SSSR count). The van der Waals surface area contributed by atoms with Crippen LogP contribution in [0.1, 0.15) is 31.2 Å². The molecule has 112 valence electrons. The van der Waals surface area contributed by atoms with E-state index in [-0.39, 0.29) is 23.8 Å². The van der Waals surface area contributed by atoms with Gasteiger partial charge in [0.1, 0.15) is 0 Å². The van der Waals surface area contributed by atoms with Crippen molar-refractivity contribution in [2.45, 2.75) is 31.7 Å². The topological polar surface area (TPSA) is 66.6 Å². The molecule has 5 heteroatoms. The number of carbonyl (C=O) groups excluding carboxylic acids is 2. The summed E-state index contributed by atoms with van der Waals surface area (Å²) in [4.78, 5) is 27.9. The van der Waals surface area contributed by atoms with E-state index in [0.717, 1.165) is 30.8 Å². The van der Waals surface area contributed by atoms with Gasteiger partial charge in [0.2, 0.25) is 11.8 Å². The summed E-state index contributed by atoms with van der Waals surface area (Å²) in [6.07, 6.45) is 1.77. The van der Waals surface area contributed by atoms with Crippen molar-refractivity contribution >= 4 is 17.5 Å². The molecule has 1 aromatic rings. The zero-order valence-corrected chi connectivity index (χ0v) is 12.3. The van der Waals surface area contributed by atoms with Crippen molar-refractivity contribution in [2.24, 2.45) is 5.73 Å². The van der Waals surface area contributed by atoms with Crippen molar-refractivity contribution in [3.05, 3.63) is 29.8 Å². The van der Waals surface area contributed by atoms with Gasteiger partial charge >= 0.3 is 0 Å². The van der Waals surface area contributed by atoms with Gasteiger partial charge in [-0.3, -0.25) is 9.59 Å². The number of nitrogens with two attached hydrogens (primary N) is 1. The van der Waals surface area contributed by atoms with E-state index >= 15 is 0 Å². The van der Waals surface area contributed by atoms with Gasteiger partial charge in [0.25, 0.3) is 0 Å². The summed E-state index contributed by atoms with van der Waals surface area (Å²) in [5, 5.41) is 0. The number of para-hydroxylation sites is 1. The van der Waals surface area contributed by atoms with Crippen LogP contribution in [0.2, 0.25) is 0 Å². The van der Waals surface area contributed by atoms with Crippen LogP contribution in [0.4, 0.5) is 5.69 Å². The molecule has 0 aromatic heterocycles. The second kappa shape index (κ2) is 5.39. The number of nitrogens with zero attached hydrogens (tertiary/aromatic N) is 2. The largest absolute Gasteiger partial charge is 0.369 e. The summed E-state index contributed by atoms with van der Waals surface area (Å²) >= 11 is 0. The quantitative estimate of drug-likeness (QED) is 0.905. The second-order valence-corrected chi connectivity index (χ2v) is 5.96. The van der Waals surface area contributed by atoms with E-state index < -0.39 is 0 Å². The molecule has 2 N–H and O–H groups in total. The lowest BCUT2D eigenvalue weighted by Crippen LogP contribution is -2.51. The molecule has 1 saturated heterocycles. The highest BCUT2D eigenvalue weighted by molar-refractivity contribution is 5.87. The fraction of sp³-hybridized carbons (Fsp3) is 0.500. The first-order chi connectivity index (χ1) is 10.1. The Morgan fingerprint density at radius 1 is 1.29 bits per heavy atom. The van der Waals surface area contributed by atoms with Crippen LogP contribution in [0.3, 0.4) is 0 Å². The Morgan fingerprint density at radius 2 is 2.00 bits per heavy atom. The van der Waals surface area contributed by atoms with Crippen LogP contribution in [0.5, 0.6) is 0 Å². The van der Waals surface area contributed by atoms with E-state index in [0.29, 0.717) is 13.0 Å². The molecular weight excluding hydrogens is 266 g/mol.